The Hall–Kier alpha value is -1.04. The van der Waals surface area contributed by atoms with Crippen LogP contribution in [0.2, 0.25) is 0 Å². The number of rotatable bonds is 3. The van der Waals surface area contributed by atoms with Crippen molar-refractivity contribution in [2.75, 3.05) is 13.2 Å². The molecule has 0 atom stereocenters. The zero-order valence-corrected chi connectivity index (χ0v) is 11.4. The summed E-state index contributed by atoms with van der Waals surface area (Å²) in [5.74, 6) is 0.568. The highest BCUT2D eigenvalue weighted by molar-refractivity contribution is 5.01. The lowest BCUT2D eigenvalue weighted by Gasteiger charge is -2.35. The third-order valence-electron chi connectivity index (χ3n) is 3.97. The van der Waals surface area contributed by atoms with Gasteiger partial charge in [0.2, 0.25) is 0 Å². The molecule has 0 aromatic carbocycles. The first-order chi connectivity index (χ1) is 9.26. The highest BCUT2D eigenvalue weighted by atomic mass is 16.7. The molecule has 0 unspecified atom stereocenters. The maximum absolute atomic E-state index is 5.74. The van der Waals surface area contributed by atoms with E-state index in [1.54, 1.807) is 0 Å². The Kier molecular flexibility index (Phi) is 3.77. The zero-order valence-electron chi connectivity index (χ0n) is 11.4. The molecule has 0 radical (unpaired) electrons. The van der Waals surface area contributed by atoms with E-state index in [0.717, 1.165) is 57.0 Å². The van der Waals surface area contributed by atoms with E-state index in [4.69, 9.17) is 9.47 Å². The number of aromatic nitrogens is 2. The number of aryl methyl sites for hydroxylation is 1. The Labute approximate surface area is 113 Å². The van der Waals surface area contributed by atoms with Crippen molar-refractivity contribution in [2.45, 2.75) is 51.0 Å². The van der Waals surface area contributed by atoms with E-state index in [-0.39, 0.29) is 5.79 Å². The zero-order chi connectivity index (χ0) is 13.1. The van der Waals surface area contributed by atoms with Gasteiger partial charge in [0.05, 0.1) is 18.9 Å². The predicted octanol–water partition coefficient (Wildman–Crippen LogP) is 1.56. The molecule has 1 saturated carbocycles. The normalized spacial score (nSPS) is 23.0. The summed E-state index contributed by atoms with van der Waals surface area (Å²) in [5, 5.41) is 3.57. The molecule has 1 aromatic heterocycles. The van der Waals surface area contributed by atoms with Crippen LogP contribution in [0, 0.1) is 6.92 Å². The van der Waals surface area contributed by atoms with Crippen molar-refractivity contribution in [2.24, 2.45) is 0 Å². The minimum absolute atomic E-state index is 0.260. The van der Waals surface area contributed by atoms with Gasteiger partial charge in [-0.1, -0.05) is 0 Å². The number of nitrogens with zero attached hydrogens (tertiary/aromatic N) is 2. The van der Waals surface area contributed by atoms with Gasteiger partial charge in [-0.3, -0.25) is 0 Å². The van der Waals surface area contributed by atoms with Crippen molar-refractivity contribution in [3.63, 3.8) is 0 Å². The second-order valence-corrected chi connectivity index (χ2v) is 5.36. The topological polar surface area (TPSA) is 56.3 Å². The van der Waals surface area contributed by atoms with E-state index >= 15 is 0 Å². The van der Waals surface area contributed by atoms with E-state index in [0.29, 0.717) is 6.04 Å². The average molecular weight is 263 g/mol. The van der Waals surface area contributed by atoms with Crippen molar-refractivity contribution in [3.8, 4) is 0 Å². The molecular formula is C14H21N3O2. The first kappa shape index (κ1) is 13.0. The monoisotopic (exact) mass is 263 g/mol. The van der Waals surface area contributed by atoms with Crippen molar-refractivity contribution in [1.29, 1.82) is 0 Å². The fraction of sp³-hybridized carbons (Fsp3) is 0.714. The lowest BCUT2D eigenvalue weighted by Crippen LogP contribution is -2.41. The molecule has 1 saturated heterocycles. The maximum atomic E-state index is 5.74. The van der Waals surface area contributed by atoms with Crippen LogP contribution in [0.25, 0.3) is 0 Å². The Bertz CT molecular complexity index is 422. The van der Waals surface area contributed by atoms with Crippen molar-refractivity contribution < 1.29 is 9.47 Å². The van der Waals surface area contributed by atoms with Gasteiger partial charge >= 0.3 is 0 Å². The van der Waals surface area contributed by atoms with Crippen LogP contribution in [0.4, 0.5) is 0 Å². The van der Waals surface area contributed by atoms with Crippen molar-refractivity contribution >= 4 is 0 Å². The first-order valence-electron chi connectivity index (χ1n) is 7.06. The van der Waals surface area contributed by atoms with E-state index in [1.165, 1.54) is 0 Å². The van der Waals surface area contributed by atoms with Crippen LogP contribution in [0.15, 0.2) is 12.3 Å². The predicted molar refractivity (Wildman–Crippen MR) is 70.5 cm³/mol. The summed E-state index contributed by atoms with van der Waals surface area (Å²) in [4.78, 5) is 8.52. The van der Waals surface area contributed by atoms with Crippen LogP contribution in [0.5, 0.6) is 0 Å². The van der Waals surface area contributed by atoms with Gasteiger partial charge in [0, 0.05) is 31.6 Å². The number of ether oxygens (including phenoxy) is 2. The molecule has 104 valence electrons. The lowest BCUT2D eigenvalue weighted by molar-refractivity contribution is -0.179. The highest BCUT2D eigenvalue weighted by Crippen LogP contribution is 2.35. The van der Waals surface area contributed by atoms with E-state index in [2.05, 4.69) is 15.3 Å². The second-order valence-electron chi connectivity index (χ2n) is 5.36. The minimum Gasteiger partial charge on any atom is -0.348 e. The molecule has 5 heteroatoms. The molecule has 2 fully saturated rings. The third-order valence-corrected chi connectivity index (χ3v) is 3.97. The summed E-state index contributed by atoms with van der Waals surface area (Å²) in [6.45, 7) is 4.22. The summed E-state index contributed by atoms with van der Waals surface area (Å²) in [6.07, 6.45) is 6.00. The lowest BCUT2D eigenvalue weighted by atomic mass is 9.90. The summed E-state index contributed by atoms with van der Waals surface area (Å²) < 4.78 is 11.5. The standard InChI is InChI=1S/C14H21N3O2/c1-11-15-7-4-13(17-11)10-16-12-2-5-14(6-3-12)18-8-9-19-14/h4,7,12,16H,2-3,5-6,8-10H2,1H3. The van der Waals surface area contributed by atoms with Crippen molar-refractivity contribution in [1.82, 2.24) is 15.3 Å². The Morgan fingerprint density at radius 1 is 1.32 bits per heavy atom. The fourth-order valence-electron chi connectivity index (χ4n) is 2.90. The molecule has 2 aliphatic rings. The van der Waals surface area contributed by atoms with Crippen molar-refractivity contribution in [3.05, 3.63) is 23.8 Å². The number of nitrogens with one attached hydrogen (secondary N) is 1. The van der Waals surface area contributed by atoms with Gasteiger partial charge in [-0.05, 0) is 25.8 Å². The molecule has 0 amide bonds. The minimum atomic E-state index is -0.260. The van der Waals surface area contributed by atoms with E-state index < -0.39 is 0 Å². The van der Waals surface area contributed by atoms with Gasteiger partial charge in [0.25, 0.3) is 0 Å². The first-order valence-corrected chi connectivity index (χ1v) is 7.06. The Morgan fingerprint density at radius 2 is 2.05 bits per heavy atom. The third kappa shape index (κ3) is 3.11. The van der Waals surface area contributed by atoms with Gasteiger partial charge in [-0.2, -0.15) is 0 Å². The molecular weight excluding hydrogens is 242 g/mol. The molecule has 1 N–H and O–H groups in total. The van der Waals surface area contributed by atoms with Gasteiger partial charge in [-0.25, -0.2) is 9.97 Å². The summed E-state index contributed by atoms with van der Waals surface area (Å²) >= 11 is 0. The largest absolute Gasteiger partial charge is 0.348 e. The second kappa shape index (κ2) is 5.53. The molecule has 1 aliphatic heterocycles. The van der Waals surface area contributed by atoms with Gasteiger partial charge < -0.3 is 14.8 Å². The van der Waals surface area contributed by atoms with Crippen LogP contribution in [0.1, 0.15) is 37.2 Å². The Morgan fingerprint density at radius 3 is 2.74 bits per heavy atom. The molecule has 5 nitrogen and oxygen atoms in total. The molecule has 3 rings (SSSR count). The molecule has 19 heavy (non-hydrogen) atoms. The SMILES string of the molecule is Cc1nccc(CNC2CCC3(CC2)OCCO3)n1. The van der Waals surface area contributed by atoms with Crippen LogP contribution in [-0.2, 0) is 16.0 Å². The summed E-state index contributed by atoms with van der Waals surface area (Å²) in [7, 11) is 0. The molecule has 1 aliphatic carbocycles. The molecule has 2 heterocycles. The average Bonchev–Trinajstić information content (AvgIpc) is 2.87. The van der Waals surface area contributed by atoms with Crippen LogP contribution in [0.3, 0.4) is 0 Å². The van der Waals surface area contributed by atoms with Crippen LogP contribution < -0.4 is 5.32 Å². The molecule has 1 spiro atoms. The highest BCUT2D eigenvalue weighted by Gasteiger charge is 2.40. The quantitative estimate of drug-likeness (QED) is 0.897. The van der Waals surface area contributed by atoms with Gasteiger partial charge in [-0.15, -0.1) is 0 Å². The smallest absolute Gasteiger partial charge is 0.168 e. The summed E-state index contributed by atoms with van der Waals surface area (Å²) in [5.41, 5.74) is 1.06. The van der Waals surface area contributed by atoms with E-state index in [9.17, 15) is 0 Å². The fourth-order valence-corrected chi connectivity index (χ4v) is 2.90. The van der Waals surface area contributed by atoms with E-state index in [1.807, 2.05) is 19.2 Å². The van der Waals surface area contributed by atoms with Crippen LogP contribution in [-0.4, -0.2) is 35.0 Å². The molecule has 0 bridgehead atoms. The van der Waals surface area contributed by atoms with Gasteiger partial charge in [0.1, 0.15) is 5.82 Å². The number of hydrogen-bond donors (Lipinski definition) is 1. The summed E-state index contributed by atoms with van der Waals surface area (Å²) in [6, 6.07) is 2.50. The maximum Gasteiger partial charge on any atom is 0.168 e. The molecule has 1 aromatic rings. The van der Waals surface area contributed by atoms with Gasteiger partial charge in [0.15, 0.2) is 5.79 Å². The number of hydrogen-bond acceptors (Lipinski definition) is 5. The van der Waals surface area contributed by atoms with Crippen LogP contribution >= 0.6 is 0 Å². The Balaban J connectivity index is 1.47.